The number of thiazole rings is 1. The average Bonchev–Trinajstić information content (AvgIpc) is 3.40. The number of para-hydroxylation sites is 1. The topological polar surface area (TPSA) is 67.1 Å². The van der Waals surface area contributed by atoms with Gasteiger partial charge in [-0.05, 0) is 49.2 Å². The van der Waals surface area contributed by atoms with Crippen molar-refractivity contribution in [3.63, 3.8) is 0 Å². The molecule has 0 amide bonds. The molecule has 1 fully saturated rings. The highest BCUT2D eigenvalue weighted by Gasteiger charge is 2.21. The summed E-state index contributed by atoms with van der Waals surface area (Å²) in [5.74, 6) is 2.72. The lowest BCUT2D eigenvalue weighted by atomic mass is 10.1. The summed E-state index contributed by atoms with van der Waals surface area (Å²) < 4.78 is 7.23. The van der Waals surface area contributed by atoms with Gasteiger partial charge in [0.05, 0.1) is 16.8 Å². The molecule has 0 radical (unpaired) electrons. The van der Waals surface area contributed by atoms with E-state index in [0.717, 1.165) is 53.8 Å². The normalized spacial score (nSPS) is 17.3. The molecule has 1 aliphatic rings. The molecule has 1 aliphatic heterocycles. The van der Waals surface area contributed by atoms with Gasteiger partial charge >= 0.3 is 0 Å². The fourth-order valence-corrected chi connectivity index (χ4v) is 4.55. The van der Waals surface area contributed by atoms with Gasteiger partial charge in [-0.25, -0.2) is 4.98 Å². The quantitative estimate of drug-likeness (QED) is 0.552. The summed E-state index contributed by atoms with van der Waals surface area (Å²) in [6.45, 7) is 2.67. The van der Waals surface area contributed by atoms with Gasteiger partial charge in [0.15, 0.2) is 16.6 Å². The van der Waals surface area contributed by atoms with Gasteiger partial charge in [0.1, 0.15) is 5.76 Å². The van der Waals surface area contributed by atoms with E-state index in [1.165, 1.54) is 4.70 Å². The van der Waals surface area contributed by atoms with Gasteiger partial charge in [0.25, 0.3) is 0 Å². The van der Waals surface area contributed by atoms with E-state index in [9.17, 15) is 0 Å². The zero-order chi connectivity index (χ0) is 18.8. The third-order valence-electron chi connectivity index (χ3n) is 5.03. The van der Waals surface area contributed by atoms with Crippen LogP contribution in [0.15, 0.2) is 59.1 Å². The lowest BCUT2D eigenvalue weighted by Crippen LogP contribution is -2.45. The monoisotopic (exact) mass is 391 g/mol. The summed E-state index contributed by atoms with van der Waals surface area (Å²) >= 11 is 1.66. The number of aromatic nitrogens is 3. The van der Waals surface area contributed by atoms with Crippen LogP contribution in [0.3, 0.4) is 0 Å². The van der Waals surface area contributed by atoms with E-state index in [2.05, 4.69) is 31.5 Å². The van der Waals surface area contributed by atoms with Crippen molar-refractivity contribution >= 4 is 27.4 Å². The molecular formula is C21H21N5OS. The first kappa shape index (κ1) is 17.3. The molecule has 4 aromatic rings. The largest absolute Gasteiger partial charge is 0.457 e. The first-order valence-corrected chi connectivity index (χ1v) is 10.4. The van der Waals surface area contributed by atoms with Crippen LogP contribution in [0.25, 0.3) is 21.0 Å². The van der Waals surface area contributed by atoms with Crippen LogP contribution in [0, 0.1) is 0 Å². The van der Waals surface area contributed by atoms with E-state index in [1.54, 1.807) is 17.5 Å². The summed E-state index contributed by atoms with van der Waals surface area (Å²) in [7, 11) is 0. The minimum atomic E-state index is 0.409. The van der Waals surface area contributed by atoms with Gasteiger partial charge in [0, 0.05) is 25.3 Å². The van der Waals surface area contributed by atoms with Crippen LogP contribution in [0.4, 0.5) is 5.82 Å². The molecule has 0 saturated carbocycles. The molecule has 142 valence electrons. The third kappa shape index (κ3) is 3.63. The summed E-state index contributed by atoms with van der Waals surface area (Å²) in [4.78, 5) is 6.97. The fourth-order valence-electron chi connectivity index (χ4n) is 3.62. The molecule has 7 heteroatoms. The number of nitrogens with one attached hydrogen (secondary N) is 1. The van der Waals surface area contributed by atoms with Crippen molar-refractivity contribution in [1.82, 2.24) is 20.5 Å². The SMILES string of the molecule is c1cnnc(N2CCCC(NCc3ccc(-c4nc5ccccc5s4)o3)C2)c1. The highest BCUT2D eigenvalue weighted by molar-refractivity contribution is 7.21. The summed E-state index contributed by atoms with van der Waals surface area (Å²) in [5, 5.41) is 12.8. The van der Waals surface area contributed by atoms with E-state index in [4.69, 9.17) is 4.42 Å². The number of rotatable bonds is 5. The smallest absolute Gasteiger partial charge is 0.163 e. The number of anilines is 1. The molecular weight excluding hydrogens is 370 g/mol. The highest BCUT2D eigenvalue weighted by Crippen LogP contribution is 2.31. The highest BCUT2D eigenvalue weighted by atomic mass is 32.1. The van der Waals surface area contributed by atoms with Crippen LogP contribution in [0.2, 0.25) is 0 Å². The van der Waals surface area contributed by atoms with Gasteiger partial charge < -0.3 is 14.6 Å². The Hall–Kier alpha value is -2.77. The van der Waals surface area contributed by atoms with Crippen molar-refractivity contribution < 1.29 is 4.42 Å². The van der Waals surface area contributed by atoms with Gasteiger partial charge in [0.2, 0.25) is 0 Å². The second-order valence-corrected chi connectivity index (χ2v) is 8.03. The number of hydrogen-bond acceptors (Lipinski definition) is 7. The Kier molecular flexibility index (Phi) is 4.76. The Balaban J connectivity index is 1.22. The Morgan fingerprint density at radius 1 is 1.14 bits per heavy atom. The number of piperidine rings is 1. The minimum absolute atomic E-state index is 0.409. The fraction of sp³-hybridized carbons (Fsp3) is 0.286. The van der Waals surface area contributed by atoms with E-state index < -0.39 is 0 Å². The number of fused-ring (bicyclic) bond motifs is 1. The molecule has 1 atom stereocenters. The van der Waals surface area contributed by atoms with Crippen LogP contribution in [0.1, 0.15) is 18.6 Å². The number of benzene rings is 1. The lowest BCUT2D eigenvalue weighted by Gasteiger charge is -2.33. The Labute approximate surface area is 167 Å². The summed E-state index contributed by atoms with van der Waals surface area (Å²) in [6, 6.07) is 16.6. The second-order valence-electron chi connectivity index (χ2n) is 7.00. The molecule has 1 saturated heterocycles. The van der Waals surface area contributed by atoms with Gasteiger partial charge in [-0.2, -0.15) is 5.10 Å². The maximum absolute atomic E-state index is 6.05. The second kappa shape index (κ2) is 7.69. The molecule has 5 rings (SSSR count). The minimum Gasteiger partial charge on any atom is -0.457 e. The maximum atomic E-state index is 6.05. The Morgan fingerprint density at radius 2 is 2.11 bits per heavy atom. The van der Waals surface area contributed by atoms with Crippen molar-refractivity contribution in [2.75, 3.05) is 18.0 Å². The first-order chi connectivity index (χ1) is 13.8. The molecule has 0 bridgehead atoms. The predicted octanol–water partition coefficient (Wildman–Crippen LogP) is 4.10. The number of furan rings is 1. The molecule has 1 N–H and O–H groups in total. The molecule has 0 spiro atoms. The van der Waals surface area contributed by atoms with Crippen molar-refractivity contribution in [3.05, 3.63) is 60.5 Å². The lowest BCUT2D eigenvalue weighted by molar-refractivity contribution is 0.396. The Bertz CT molecular complexity index is 1030. The Morgan fingerprint density at radius 3 is 3.00 bits per heavy atom. The molecule has 1 aromatic carbocycles. The molecule has 3 aromatic heterocycles. The average molecular weight is 392 g/mol. The first-order valence-electron chi connectivity index (χ1n) is 9.56. The summed E-state index contributed by atoms with van der Waals surface area (Å²) in [5.41, 5.74) is 1.02. The van der Waals surface area contributed by atoms with Crippen molar-refractivity contribution in [3.8, 4) is 10.8 Å². The molecule has 0 aliphatic carbocycles. The van der Waals surface area contributed by atoms with E-state index in [-0.39, 0.29) is 0 Å². The van der Waals surface area contributed by atoms with Crippen LogP contribution in [0.5, 0.6) is 0 Å². The zero-order valence-corrected chi connectivity index (χ0v) is 16.2. The zero-order valence-electron chi connectivity index (χ0n) is 15.4. The van der Waals surface area contributed by atoms with Crippen LogP contribution in [-0.2, 0) is 6.54 Å². The van der Waals surface area contributed by atoms with E-state index >= 15 is 0 Å². The van der Waals surface area contributed by atoms with Crippen LogP contribution >= 0.6 is 11.3 Å². The van der Waals surface area contributed by atoms with Gasteiger partial charge in [-0.15, -0.1) is 16.4 Å². The standard InChI is InChI=1S/C21H21N5OS/c1-2-7-19-17(6-1)24-21(28-19)18-10-9-16(27-18)13-22-15-5-4-12-26(14-15)20-8-3-11-23-25-20/h1-3,6-11,15,22H,4-5,12-14H2. The van der Waals surface area contributed by atoms with Crippen molar-refractivity contribution in [2.45, 2.75) is 25.4 Å². The van der Waals surface area contributed by atoms with Crippen molar-refractivity contribution in [1.29, 1.82) is 0 Å². The van der Waals surface area contributed by atoms with Gasteiger partial charge in [-0.3, -0.25) is 0 Å². The van der Waals surface area contributed by atoms with E-state index in [1.807, 2.05) is 42.5 Å². The third-order valence-corrected chi connectivity index (χ3v) is 6.09. The number of nitrogens with zero attached hydrogens (tertiary/aromatic N) is 4. The summed E-state index contributed by atoms with van der Waals surface area (Å²) in [6.07, 6.45) is 4.01. The molecule has 6 nitrogen and oxygen atoms in total. The number of hydrogen-bond donors (Lipinski definition) is 1. The van der Waals surface area contributed by atoms with Gasteiger partial charge in [-0.1, -0.05) is 12.1 Å². The molecule has 28 heavy (non-hydrogen) atoms. The molecule has 1 unspecified atom stereocenters. The van der Waals surface area contributed by atoms with Crippen LogP contribution in [-0.4, -0.2) is 34.3 Å². The van der Waals surface area contributed by atoms with Crippen molar-refractivity contribution in [2.24, 2.45) is 0 Å². The maximum Gasteiger partial charge on any atom is 0.163 e. The van der Waals surface area contributed by atoms with E-state index in [0.29, 0.717) is 12.6 Å². The van der Waals surface area contributed by atoms with Crippen LogP contribution < -0.4 is 10.2 Å². The predicted molar refractivity (Wildman–Crippen MR) is 111 cm³/mol. The molecule has 4 heterocycles.